The van der Waals surface area contributed by atoms with Gasteiger partial charge in [0.25, 0.3) is 0 Å². The van der Waals surface area contributed by atoms with Gasteiger partial charge in [0.15, 0.2) is 0 Å². The maximum Gasteiger partial charge on any atom is 0.0854 e. The molecule has 1 heterocycles. The van der Waals surface area contributed by atoms with Crippen LogP contribution < -0.4 is 0 Å². The molecule has 0 aliphatic heterocycles. The monoisotopic (exact) mass is 240 g/mol. The molecule has 0 spiro atoms. The molecule has 2 atom stereocenters. The van der Waals surface area contributed by atoms with Crippen LogP contribution in [0.3, 0.4) is 0 Å². The Kier molecular flexibility index (Phi) is 5.65. The number of nitrogens with zero attached hydrogens (tertiary/aromatic N) is 2. The van der Waals surface area contributed by atoms with Gasteiger partial charge in [-0.05, 0) is 25.8 Å². The van der Waals surface area contributed by atoms with E-state index in [1.165, 1.54) is 0 Å². The van der Waals surface area contributed by atoms with Gasteiger partial charge in [-0.15, -0.1) is 0 Å². The molecule has 0 aliphatic carbocycles. The number of aromatic nitrogens is 2. The second-order valence-corrected chi connectivity index (χ2v) is 4.47. The molecule has 2 unspecified atom stereocenters. The van der Waals surface area contributed by atoms with Gasteiger partial charge in [0.2, 0.25) is 0 Å². The van der Waals surface area contributed by atoms with E-state index in [-0.39, 0.29) is 6.10 Å². The summed E-state index contributed by atoms with van der Waals surface area (Å²) in [4.78, 5) is 0. The minimum atomic E-state index is -0.495. The van der Waals surface area contributed by atoms with Gasteiger partial charge in [0.1, 0.15) is 0 Å². The van der Waals surface area contributed by atoms with E-state index in [9.17, 15) is 5.11 Å². The fourth-order valence-corrected chi connectivity index (χ4v) is 1.89. The van der Waals surface area contributed by atoms with Crippen LogP contribution in [0, 0.1) is 0 Å². The Morgan fingerprint density at radius 1 is 1.41 bits per heavy atom. The first-order chi connectivity index (χ1) is 8.12. The summed E-state index contributed by atoms with van der Waals surface area (Å²) < 4.78 is 7.10. The van der Waals surface area contributed by atoms with E-state index in [2.05, 4.69) is 18.9 Å². The summed E-state index contributed by atoms with van der Waals surface area (Å²) in [6.07, 6.45) is 4.04. The highest BCUT2D eigenvalue weighted by atomic mass is 16.5. The molecule has 1 aromatic rings. The number of aliphatic hydroxyl groups excluding tert-OH is 1. The first-order valence-corrected chi connectivity index (χ1v) is 6.37. The summed E-state index contributed by atoms with van der Waals surface area (Å²) >= 11 is 0. The molecule has 0 radical (unpaired) electrons. The van der Waals surface area contributed by atoms with E-state index in [1.807, 2.05) is 23.9 Å². The lowest BCUT2D eigenvalue weighted by Crippen LogP contribution is -2.27. The quantitative estimate of drug-likeness (QED) is 0.794. The maximum absolute atomic E-state index is 9.86. The average Bonchev–Trinajstić information content (AvgIpc) is 2.78. The predicted molar refractivity (Wildman–Crippen MR) is 68.0 cm³/mol. The first-order valence-electron chi connectivity index (χ1n) is 6.37. The normalized spacial score (nSPS) is 15.2. The molecule has 0 amide bonds. The summed E-state index contributed by atoms with van der Waals surface area (Å²) in [7, 11) is 1.61. The van der Waals surface area contributed by atoms with Crippen molar-refractivity contribution in [2.45, 2.75) is 58.3 Å². The molecular formula is C13H24N2O2. The number of hydrogen-bond donors (Lipinski definition) is 1. The molecule has 17 heavy (non-hydrogen) atoms. The van der Waals surface area contributed by atoms with E-state index < -0.39 is 6.10 Å². The molecular weight excluding hydrogens is 216 g/mol. The zero-order valence-electron chi connectivity index (χ0n) is 11.3. The van der Waals surface area contributed by atoms with E-state index in [4.69, 9.17) is 4.74 Å². The molecule has 0 aromatic carbocycles. The lowest BCUT2D eigenvalue weighted by atomic mass is 10.1. The molecule has 0 saturated carbocycles. The van der Waals surface area contributed by atoms with Crippen molar-refractivity contribution in [2.24, 2.45) is 0 Å². The highest BCUT2D eigenvalue weighted by Gasteiger charge is 2.16. The summed E-state index contributed by atoms with van der Waals surface area (Å²) in [6.45, 7) is 6.19. The second-order valence-electron chi connectivity index (χ2n) is 4.47. The third-order valence-corrected chi connectivity index (χ3v) is 3.31. The van der Waals surface area contributed by atoms with Crippen LogP contribution in [0.2, 0.25) is 0 Å². The lowest BCUT2D eigenvalue weighted by Gasteiger charge is -2.16. The summed E-state index contributed by atoms with van der Waals surface area (Å²) in [5.41, 5.74) is 0.924. The molecule has 1 rings (SSSR count). The second kappa shape index (κ2) is 6.77. The molecule has 0 saturated heterocycles. The van der Waals surface area contributed by atoms with E-state index in [0.717, 1.165) is 18.5 Å². The van der Waals surface area contributed by atoms with Crippen LogP contribution in [-0.4, -0.2) is 34.2 Å². The van der Waals surface area contributed by atoms with Crippen molar-refractivity contribution in [1.82, 2.24) is 9.78 Å². The highest BCUT2D eigenvalue weighted by molar-refractivity contribution is 5.02. The largest absolute Gasteiger partial charge is 0.390 e. The van der Waals surface area contributed by atoms with Crippen molar-refractivity contribution in [3.05, 3.63) is 18.0 Å². The van der Waals surface area contributed by atoms with Crippen molar-refractivity contribution in [3.63, 3.8) is 0 Å². The van der Waals surface area contributed by atoms with Crippen LogP contribution in [0.1, 0.15) is 45.3 Å². The van der Waals surface area contributed by atoms with Gasteiger partial charge in [-0.1, -0.05) is 13.8 Å². The number of ether oxygens (including phenoxy) is 1. The van der Waals surface area contributed by atoms with Gasteiger partial charge in [-0.25, -0.2) is 0 Å². The topological polar surface area (TPSA) is 47.3 Å². The summed E-state index contributed by atoms with van der Waals surface area (Å²) in [5, 5.41) is 14.4. The Hall–Kier alpha value is -0.870. The first kappa shape index (κ1) is 14.2. The van der Waals surface area contributed by atoms with Gasteiger partial charge < -0.3 is 9.84 Å². The van der Waals surface area contributed by atoms with Crippen molar-refractivity contribution < 1.29 is 9.84 Å². The minimum Gasteiger partial charge on any atom is -0.390 e. The SMILES string of the molecule is CCC(CC)n1ccc(CC(O)C(C)OC)n1. The van der Waals surface area contributed by atoms with Crippen molar-refractivity contribution in [3.8, 4) is 0 Å². The number of aliphatic hydroxyl groups is 1. The molecule has 4 heteroatoms. The Morgan fingerprint density at radius 3 is 2.59 bits per heavy atom. The number of hydrogen-bond acceptors (Lipinski definition) is 3. The van der Waals surface area contributed by atoms with Gasteiger partial charge in [-0.3, -0.25) is 4.68 Å². The van der Waals surface area contributed by atoms with Crippen molar-refractivity contribution >= 4 is 0 Å². The van der Waals surface area contributed by atoms with Crippen LogP contribution in [0.25, 0.3) is 0 Å². The van der Waals surface area contributed by atoms with Crippen LogP contribution in [0.4, 0.5) is 0 Å². The van der Waals surface area contributed by atoms with E-state index in [0.29, 0.717) is 12.5 Å². The average molecular weight is 240 g/mol. The third kappa shape index (κ3) is 3.82. The van der Waals surface area contributed by atoms with Crippen LogP contribution in [0.5, 0.6) is 0 Å². The van der Waals surface area contributed by atoms with Crippen LogP contribution in [0.15, 0.2) is 12.3 Å². The molecule has 0 fully saturated rings. The molecule has 1 aromatic heterocycles. The smallest absolute Gasteiger partial charge is 0.0854 e. The van der Waals surface area contributed by atoms with Crippen molar-refractivity contribution in [1.29, 1.82) is 0 Å². The molecule has 1 N–H and O–H groups in total. The van der Waals surface area contributed by atoms with Gasteiger partial charge in [0.05, 0.1) is 23.9 Å². The number of methoxy groups -OCH3 is 1. The highest BCUT2D eigenvalue weighted by Crippen LogP contribution is 2.15. The lowest BCUT2D eigenvalue weighted by molar-refractivity contribution is -0.000129. The molecule has 0 aliphatic rings. The summed E-state index contributed by atoms with van der Waals surface area (Å²) in [5.74, 6) is 0. The molecule has 98 valence electrons. The van der Waals surface area contributed by atoms with Crippen molar-refractivity contribution in [2.75, 3.05) is 7.11 Å². The fourth-order valence-electron chi connectivity index (χ4n) is 1.89. The van der Waals surface area contributed by atoms with E-state index in [1.54, 1.807) is 7.11 Å². The van der Waals surface area contributed by atoms with Crippen LogP contribution in [-0.2, 0) is 11.2 Å². The molecule has 4 nitrogen and oxygen atoms in total. The number of rotatable bonds is 7. The zero-order chi connectivity index (χ0) is 12.8. The van der Waals surface area contributed by atoms with E-state index >= 15 is 0 Å². The van der Waals surface area contributed by atoms with Gasteiger partial charge in [-0.2, -0.15) is 5.10 Å². The predicted octanol–water partition coefficient (Wildman–Crippen LogP) is 2.18. The standard InChI is InChI=1S/C13H24N2O2/c1-5-12(6-2)15-8-7-11(14-15)9-13(16)10(3)17-4/h7-8,10,12-13,16H,5-6,9H2,1-4H3. The minimum absolute atomic E-state index is 0.159. The van der Waals surface area contributed by atoms with Gasteiger partial charge in [0, 0.05) is 19.7 Å². The molecule has 0 bridgehead atoms. The Bertz CT molecular complexity index is 321. The fraction of sp³-hybridized carbons (Fsp3) is 0.769. The Morgan fingerprint density at radius 2 is 2.06 bits per heavy atom. The third-order valence-electron chi connectivity index (χ3n) is 3.31. The Labute approximate surface area is 104 Å². The summed E-state index contributed by atoms with van der Waals surface area (Å²) in [6, 6.07) is 2.44. The van der Waals surface area contributed by atoms with Crippen LogP contribution >= 0.6 is 0 Å². The maximum atomic E-state index is 9.86. The zero-order valence-corrected chi connectivity index (χ0v) is 11.3. The Balaban J connectivity index is 2.62. The van der Waals surface area contributed by atoms with Gasteiger partial charge >= 0.3 is 0 Å².